The second-order valence-electron chi connectivity index (χ2n) is 3.31. The predicted molar refractivity (Wildman–Crippen MR) is 54.6 cm³/mol. The van der Waals surface area contributed by atoms with E-state index in [-0.39, 0.29) is 0 Å². The molecule has 2 heteroatoms. The van der Waals surface area contributed by atoms with Crippen LogP contribution in [0.2, 0.25) is 0 Å². The van der Waals surface area contributed by atoms with Gasteiger partial charge in [0.2, 0.25) is 0 Å². The molecule has 66 valence electrons. The van der Waals surface area contributed by atoms with Crippen LogP contribution in [0, 0.1) is 6.92 Å². The number of halogens is 1. The molecule has 0 radical (unpaired) electrons. The molecule has 1 aromatic carbocycles. The Labute approximate surface area is 81.6 Å². The van der Waals surface area contributed by atoms with Gasteiger partial charge >= 0.3 is 0 Å². The normalized spacial score (nSPS) is 10.8. The van der Waals surface area contributed by atoms with Crippen molar-refractivity contribution >= 4 is 15.9 Å². The maximum atomic E-state index is 9.57. The average Bonchev–Trinajstić information content (AvgIpc) is 1.96. The minimum atomic E-state index is 0.363. The van der Waals surface area contributed by atoms with E-state index in [0.717, 1.165) is 15.6 Å². The molecule has 1 N–H and O–H groups in total. The quantitative estimate of drug-likeness (QED) is 0.780. The Morgan fingerprint density at radius 2 is 1.92 bits per heavy atom. The monoisotopic (exact) mass is 228 g/mol. The maximum absolute atomic E-state index is 9.57. The van der Waals surface area contributed by atoms with E-state index >= 15 is 0 Å². The molecule has 0 fully saturated rings. The molecule has 1 rings (SSSR count). The van der Waals surface area contributed by atoms with Crippen LogP contribution in [-0.2, 0) is 0 Å². The van der Waals surface area contributed by atoms with Crippen LogP contribution in [-0.4, -0.2) is 5.11 Å². The van der Waals surface area contributed by atoms with E-state index in [2.05, 4.69) is 29.8 Å². The fraction of sp³-hybridized carbons (Fsp3) is 0.400. The third-order valence-corrected chi connectivity index (χ3v) is 2.78. The standard InChI is InChI=1S/C10H13BrO/c1-6(2)8-5-9(11)7(3)4-10(8)12/h4-6,12H,1-3H3. The molecule has 0 amide bonds. The minimum Gasteiger partial charge on any atom is -0.508 e. The van der Waals surface area contributed by atoms with Crippen LogP contribution >= 0.6 is 15.9 Å². The Hall–Kier alpha value is -0.500. The Kier molecular flexibility index (Phi) is 2.78. The first-order chi connectivity index (χ1) is 5.52. The highest BCUT2D eigenvalue weighted by Gasteiger charge is 2.07. The fourth-order valence-electron chi connectivity index (χ4n) is 1.14. The first-order valence-electron chi connectivity index (χ1n) is 4.01. The number of aromatic hydroxyl groups is 1. The molecule has 12 heavy (non-hydrogen) atoms. The largest absolute Gasteiger partial charge is 0.508 e. The SMILES string of the molecule is Cc1cc(O)c(C(C)C)cc1Br. The summed E-state index contributed by atoms with van der Waals surface area (Å²) in [7, 11) is 0. The predicted octanol–water partition coefficient (Wildman–Crippen LogP) is 3.59. The summed E-state index contributed by atoms with van der Waals surface area (Å²) in [5.74, 6) is 0.757. The summed E-state index contributed by atoms with van der Waals surface area (Å²) in [6, 6.07) is 3.77. The lowest BCUT2D eigenvalue weighted by molar-refractivity contribution is 0.464. The Balaban J connectivity index is 3.23. The van der Waals surface area contributed by atoms with Crippen molar-refractivity contribution in [2.24, 2.45) is 0 Å². The van der Waals surface area contributed by atoms with Crippen LogP contribution in [0.3, 0.4) is 0 Å². The zero-order valence-electron chi connectivity index (χ0n) is 7.56. The van der Waals surface area contributed by atoms with Crippen molar-refractivity contribution < 1.29 is 5.11 Å². The molecule has 0 saturated carbocycles. The van der Waals surface area contributed by atoms with Crippen LogP contribution in [0.25, 0.3) is 0 Å². The molecule has 0 saturated heterocycles. The van der Waals surface area contributed by atoms with Crippen molar-refractivity contribution in [2.45, 2.75) is 26.7 Å². The van der Waals surface area contributed by atoms with E-state index in [4.69, 9.17) is 0 Å². The van der Waals surface area contributed by atoms with Gasteiger partial charge in [-0.25, -0.2) is 0 Å². The summed E-state index contributed by atoms with van der Waals surface area (Å²) in [4.78, 5) is 0. The summed E-state index contributed by atoms with van der Waals surface area (Å²) in [6.07, 6.45) is 0. The van der Waals surface area contributed by atoms with Gasteiger partial charge in [-0.3, -0.25) is 0 Å². The number of aryl methyl sites for hydroxylation is 1. The molecule has 0 bridgehead atoms. The first-order valence-corrected chi connectivity index (χ1v) is 4.80. The first kappa shape index (κ1) is 9.59. The van der Waals surface area contributed by atoms with Gasteiger partial charge in [-0.15, -0.1) is 0 Å². The summed E-state index contributed by atoms with van der Waals surface area (Å²) >= 11 is 3.44. The van der Waals surface area contributed by atoms with Crippen molar-refractivity contribution in [3.05, 3.63) is 27.7 Å². The molecule has 0 heterocycles. The molecule has 0 spiro atoms. The van der Waals surface area contributed by atoms with Crippen molar-refractivity contribution in [2.75, 3.05) is 0 Å². The number of benzene rings is 1. The van der Waals surface area contributed by atoms with Crippen molar-refractivity contribution in [3.63, 3.8) is 0 Å². The second kappa shape index (κ2) is 3.48. The van der Waals surface area contributed by atoms with E-state index in [1.54, 1.807) is 6.07 Å². The van der Waals surface area contributed by atoms with E-state index in [0.29, 0.717) is 11.7 Å². The van der Waals surface area contributed by atoms with Gasteiger partial charge in [0.05, 0.1) is 0 Å². The lowest BCUT2D eigenvalue weighted by atomic mass is 10.0. The van der Waals surface area contributed by atoms with Gasteiger partial charge in [-0.2, -0.15) is 0 Å². The maximum Gasteiger partial charge on any atom is 0.119 e. The Morgan fingerprint density at radius 1 is 1.33 bits per heavy atom. The number of rotatable bonds is 1. The summed E-state index contributed by atoms with van der Waals surface area (Å²) in [5.41, 5.74) is 2.06. The molecule has 0 aromatic heterocycles. The Morgan fingerprint density at radius 3 is 2.42 bits per heavy atom. The van der Waals surface area contributed by atoms with Crippen LogP contribution in [0.15, 0.2) is 16.6 Å². The number of hydrogen-bond acceptors (Lipinski definition) is 1. The molecule has 0 aliphatic heterocycles. The lowest BCUT2D eigenvalue weighted by Gasteiger charge is -2.10. The lowest BCUT2D eigenvalue weighted by Crippen LogP contribution is -1.89. The highest BCUT2D eigenvalue weighted by Crippen LogP contribution is 2.30. The van der Waals surface area contributed by atoms with Crippen LogP contribution in [0.4, 0.5) is 0 Å². The topological polar surface area (TPSA) is 20.2 Å². The molecule has 0 aliphatic rings. The van der Waals surface area contributed by atoms with Gasteiger partial charge in [0.25, 0.3) is 0 Å². The molecule has 0 unspecified atom stereocenters. The van der Waals surface area contributed by atoms with Gasteiger partial charge in [0.15, 0.2) is 0 Å². The molecule has 1 aromatic rings. The number of hydrogen-bond donors (Lipinski definition) is 1. The van der Waals surface area contributed by atoms with E-state index in [9.17, 15) is 5.11 Å². The van der Waals surface area contributed by atoms with Gasteiger partial charge < -0.3 is 5.11 Å². The Bertz CT molecular complexity index is 292. The molecular weight excluding hydrogens is 216 g/mol. The van der Waals surface area contributed by atoms with Gasteiger partial charge in [0.1, 0.15) is 5.75 Å². The summed E-state index contributed by atoms with van der Waals surface area (Å²) in [5, 5.41) is 9.57. The van der Waals surface area contributed by atoms with E-state index in [1.807, 2.05) is 13.0 Å². The van der Waals surface area contributed by atoms with Crippen molar-refractivity contribution in [1.82, 2.24) is 0 Å². The van der Waals surface area contributed by atoms with Gasteiger partial charge in [-0.1, -0.05) is 29.8 Å². The van der Waals surface area contributed by atoms with Crippen molar-refractivity contribution in [3.8, 4) is 5.75 Å². The third kappa shape index (κ3) is 1.81. The fourth-order valence-corrected chi connectivity index (χ4v) is 1.51. The minimum absolute atomic E-state index is 0.363. The summed E-state index contributed by atoms with van der Waals surface area (Å²) in [6.45, 7) is 6.10. The van der Waals surface area contributed by atoms with Crippen LogP contribution in [0.1, 0.15) is 30.9 Å². The number of phenolic OH excluding ortho intramolecular Hbond substituents is 1. The van der Waals surface area contributed by atoms with Crippen LogP contribution < -0.4 is 0 Å². The molecule has 1 nitrogen and oxygen atoms in total. The van der Waals surface area contributed by atoms with Gasteiger partial charge in [-0.05, 0) is 36.1 Å². The average molecular weight is 229 g/mol. The molecular formula is C10H13BrO. The third-order valence-electron chi connectivity index (χ3n) is 1.93. The molecule has 0 aliphatic carbocycles. The zero-order valence-corrected chi connectivity index (χ0v) is 9.14. The zero-order chi connectivity index (χ0) is 9.30. The van der Waals surface area contributed by atoms with Crippen LogP contribution in [0.5, 0.6) is 5.75 Å². The molecule has 0 atom stereocenters. The van der Waals surface area contributed by atoms with Crippen molar-refractivity contribution in [1.29, 1.82) is 0 Å². The summed E-state index contributed by atoms with van der Waals surface area (Å²) < 4.78 is 1.06. The number of phenols is 1. The highest BCUT2D eigenvalue weighted by atomic mass is 79.9. The highest BCUT2D eigenvalue weighted by molar-refractivity contribution is 9.10. The van der Waals surface area contributed by atoms with E-state index < -0.39 is 0 Å². The van der Waals surface area contributed by atoms with Gasteiger partial charge in [0, 0.05) is 4.47 Å². The smallest absolute Gasteiger partial charge is 0.119 e. The van der Waals surface area contributed by atoms with E-state index in [1.165, 1.54) is 0 Å². The second-order valence-corrected chi connectivity index (χ2v) is 4.17.